The van der Waals surface area contributed by atoms with E-state index in [1.54, 1.807) is 17.7 Å². The Bertz CT molecular complexity index is 1100. The Hall–Kier alpha value is -3.40. The lowest BCUT2D eigenvalue weighted by Gasteiger charge is -2.08. The fourth-order valence-electron chi connectivity index (χ4n) is 2.64. The van der Waals surface area contributed by atoms with Crippen LogP contribution in [-0.2, 0) is 7.05 Å². The minimum Gasteiger partial charge on any atom is -0.472 e. The molecule has 0 N–H and O–H groups in total. The van der Waals surface area contributed by atoms with E-state index in [0.717, 1.165) is 11.1 Å². The van der Waals surface area contributed by atoms with E-state index in [9.17, 15) is 4.79 Å². The lowest BCUT2D eigenvalue weighted by Crippen LogP contribution is -2.44. The summed E-state index contributed by atoms with van der Waals surface area (Å²) in [6.07, 6.45) is 7.50. The molecule has 1 heterocycles. The second-order valence-corrected chi connectivity index (χ2v) is 6.04. The summed E-state index contributed by atoms with van der Waals surface area (Å²) in [4.78, 5) is 17.4. The fraction of sp³-hybridized carbons (Fsp3) is 0.130. The maximum absolute atomic E-state index is 12.8. The molecule has 3 rings (SSSR count). The van der Waals surface area contributed by atoms with Crippen molar-refractivity contribution in [2.24, 2.45) is 7.05 Å². The van der Waals surface area contributed by atoms with Crippen molar-refractivity contribution in [2.45, 2.75) is 6.92 Å². The summed E-state index contributed by atoms with van der Waals surface area (Å²) in [5, 5.41) is 0.991. The van der Waals surface area contributed by atoms with Gasteiger partial charge in [-0.2, -0.15) is 0 Å². The topological polar surface area (TPSA) is 44.1 Å². The third kappa shape index (κ3) is 4.61. The summed E-state index contributed by atoms with van der Waals surface area (Å²) in [6, 6.07) is 19.5. The first-order valence-corrected chi connectivity index (χ1v) is 8.83. The zero-order valence-corrected chi connectivity index (χ0v) is 15.5. The van der Waals surface area contributed by atoms with Crippen LogP contribution in [0.15, 0.2) is 77.6 Å². The van der Waals surface area contributed by atoms with Gasteiger partial charge in [-0.3, -0.25) is 4.79 Å². The zero-order chi connectivity index (χ0) is 19.1. The average molecular weight is 358 g/mol. The molecule has 27 heavy (non-hydrogen) atoms. The van der Waals surface area contributed by atoms with E-state index in [1.165, 1.54) is 0 Å². The first kappa shape index (κ1) is 18.4. The van der Waals surface area contributed by atoms with E-state index in [-0.39, 0.29) is 5.56 Å². The van der Waals surface area contributed by atoms with Crippen molar-refractivity contribution in [3.8, 4) is 5.88 Å². The molecule has 136 valence electrons. The normalized spacial score (nSPS) is 12.7. The van der Waals surface area contributed by atoms with E-state index in [4.69, 9.17) is 4.74 Å². The molecule has 0 atom stereocenters. The van der Waals surface area contributed by atoms with Crippen LogP contribution in [0.4, 0.5) is 0 Å². The molecular formula is C23H22N2O2. The number of benzene rings is 2. The van der Waals surface area contributed by atoms with Gasteiger partial charge in [0.1, 0.15) is 17.3 Å². The maximum atomic E-state index is 12.8. The smallest absolute Gasteiger partial charge is 0.276 e. The first-order valence-electron chi connectivity index (χ1n) is 8.83. The number of aromatic nitrogens is 2. The Morgan fingerprint density at radius 2 is 1.56 bits per heavy atom. The Morgan fingerprint density at radius 1 is 0.963 bits per heavy atom. The summed E-state index contributed by atoms with van der Waals surface area (Å²) >= 11 is 0. The third-order valence-corrected chi connectivity index (χ3v) is 4.08. The highest BCUT2D eigenvalue weighted by Crippen LogP contribution is 2.02. The lowest BCUT2D eigenvalue weighted by atomic mass is 10.2. The second kappa shape index (κ2) is 8.81. The van der Waals surface area contributed by atoms with Gasteiger partial charge in [-0.1, -0.05) is 72.8 Å². The molecule has 0 aliphatic heterocycles. The molecule has 0 radical (unpaired) electrons. The number of hydrogen-bond donors (Lipinski definition) is 0. The van der Waals surface area contributed by atoms with Gasteiger partial charge >= 0.3 is 0 Å². The van der Waals surface area contributed by atoms with Crippen LogP contribution in [-0.4, -0.2) is 16.2 Å². The monoisotopic (exact) mass is 358 g/mol. The molecule has 0 saturated carbocycles. The Balaban J connectivity index is 2.21. The molecule has 1 aromatic heterocycles. The van der Waals surface area contributed by atoms with Crippen molar-refractivity contribution < 1.29 is 4.74 Å². The van der Waals surface area contributed by atoms with Crippen LogP contribution in [0.1, 0.15) is 18.1 Å². The fourth-order valence-corrected chi connectivity index (χ4v) is 2.64. The summed E-state index contributed by atoms with van der Waals surface area (Å²) in [5.41, 5.74) is 1.73. The Labute approximate surface area is 158 Å². The van der Waals surface area contributed by atoms with Crippen LogP contribution in [0.25, 0.3) is 12.2 Å². The van der Waals surface area contributed by atoms with Crippen molar-refractivity contribution in [1.29, 1.82) is 0 Å². The van der Waals surface area contributed by atoms with Gasteiger partial charge in [0.2, 0.25) is 5.88 Å². The molecular weight excluding hydrogens is 336 g/mol. The quantitative estimate of drug-likeness (QED) is 0.658. The van der Waals surface area contributed by atoms with E-state index in [1.807, 2.05) is 85.8 Å². The first-order chi connectivity index (χ1) is 13.2. The van der Waals surface area contributed by atoms with Crippen molar-refractivity contribution in [3.63, 3.8) is 0 Å². The molecule has 3 aromatic rings. The van der Waals surface area contributed by atoms with E-state index < -0.39 is 0 Å². The van der Waals surface area contributed by atoms with Crippen LogP contribution in [0.2, 0.25) is 0 Å². The number of nitrogens with zero attached hydrogens (tertiary/aromatic N) is 2. The minimum atomic E-state index is -0.167. The molecule has 4 heteroatoms. The largest absolute Gasteiger partial charge is 0.472 e. The molecule has 0 spiro atoms. The summed E-state index contributed by atoms with van der Waals surface area (Å²) in [5.74, 6) is 0.432. The Morgan fingerprint density at radius 3 is 2.15 bits per heavy atom. The molecule has 0 aliphatic rings. The zero-order valence-electron chi connectivity index (χ0n) is 15.5. The van der Waals surface area contributed by atoms with Crippen LogP contribution in [0, 0.1) is 0 Å². The van der Waals surface area contributed by atoms with Crippen LogP contribution in [0.5, 0.6) is 5.88 Å². The highest BCUT2D eigenvalue weighted by atomic mass is 16.5. The van der Waals surface area contributed by atoms with Gasteiger partial charge in [0.15, 0.2) is 0 Å². The van der Waals surface area contributed by atoms with Crippen LogP contribution >= 0.6 is 0 Å². The average Bonchev–Trinajstić information content (AvgIpc) is 2.70. The molecule has 4 nitrogen and oxygen atoms in total. The molecule has 0 aliphatic carbocycles. The number of rotatable bonds is 5. The van der Waals surface area contributed by atoms with E-state index >= 15 is 0 Å². The maximum Gasteiger partial charge on any atom is 0.276 e. The van der Waals surface area contributed by atoms with E-state index in [2.05, 4.69) is 4.98 Å². The lowest BCUT2D eigenvalue weighted by molar-refractivity contribution is 0.338. The summed E-state index contributed by atoms with van der Waals surface area (Å²) in [6.45, 7) is 2.32. The number of hydrogen-bond acceptors (Lipinski definition) is 3. The van der Waals surface area contributed by atoms with Gasteiger partial charge in [0.25, 0.3) is 5.56 Å². The van der Waals surface area contributed by atoms with Gasteiger partial charge in [-0.05, 0) is 30.2 Å². The molecule has 0 amide bonds. The standard InChI is InChI=1S/C23H22N2O2/c1-3-4-15-27-22-21(17-19-13-9-6-10-14-19)25(2)23(26)20(24-22)16-18-11-7-5-8-12-18/h3-14,16-17H,15H2,1-2H3/b4-3?,20-16-,21-17?. The second-order valence-electron chi connectivity index (χ2n) is 6.04. The van der Waals surface area contributed by atoms with Gasteiger partial charge in [-0.15, -0.1) is 0 Å². The van der Waals surface area contributed by atoms with Gasteiger partial charge < -0.3 is 9.30 Å². The molecule has 2 aromatic carbocycles. The predicted molar refractivity (Wildman–Crippen MR) is 109 cm³/mol. The van der Waals surface area contributed by atoms with Crippen molar-refractivity contribution >= 4 is 12.2 Å². The molecule has 0 unspecified atom stereocenters. The summed E-state index contributed by atoms with van der Waals surface area (Å²) in [7, 11) is 1.74. The van der Waals surface area contributed by atoms with E-state index in [0.29, 0.717) is 23.2 Å². The van der Waals surface area contributed by atoms with Crippen molar-refractivity contribution in [2.75, 3.05) is 6.61 Å². The van der Waals surface area contributed by atoms with Crippen LogP contribution in [0.3, 0.4) is 0 Å². The predicted octanol–water partition coefficient (Wildman–Crippen LogP) is 2.39. The Kier molecular flexibility index (Phi) is 6.00. The highest BCUT2D eigenvalue weighted by molar-refractivity contribution is 5.51. The van der Waals surface area contributed by atoms with Crippen molar-refractivity contribution in [1.82, 2.24) is 9.55 Å². The van der Waals surface area contributed by atoms with Gasteiger partial charge in [-0.25, -0.2) is 4.98 Å². The van der Waals surface area contributed by atoms with Gasteiger partial charge in [0, 0.05) is 7.05 Å². The third-order valence-electron chi connectivity index (χ3n) is 4.08. The van der Waals surface area contributed by atoms with Crippen molar-refractivity contribution in [3.05, 3.63) is 105 Å². The number of ether oxygens (including phenoxy) is 1. The minimum absolute atomic E-state index is 0.167. The molecule has 0 saturated heterocycles. The molecule has 0 bridgehead atoms. The molecule has 0 fully saturated rings. The summed E-state index contributed by atoms with van der Waals surface area (Å²) < 4.78 is 7.44. The highest BCUT2D eigenvalue weighted by Gasteiger charge is 2.07. The SMILES string of the molecule is CC=CCOc1n/c(=C\c2ccccc2)c(=O)n(C)c1=Cc1ccccc1. The van der Waals surface area contributed by atoms with Crippen LogP contribution < -0.4 is 21.0 Å². The number of allylic oxidation sites excluding steroid dienone is 1. The van der Waals surface area contributed by atoms with Gasteiger partial charge in [0.05, 0.1) is 0 Å².